The lowest BCUT2D eigenvalue weighted by Crippen LogP contribution is -1.98. The summed E-state index contributed by atoms with van der Waals surface area (Å²) in [7, 11) is 0. The van der Waals surface area contributed by atoms with E-state index in [-0.39, 0.29) is 30.4 Å². The highest BCUT2D eigenvalue weighted by molar-refractivity contribution is 5.95. The van der Waals surface area contributed by atoms with Gasteiger partial charge in [-0.1, -0.05) is 18.2 Å². The normalized spacial score (nSPS) is 9.75. The molecular formula is C18H18Cl2N2O2. The Balaban J connectivity index is 0.00000144. The number of halogens is 2. The predicted molar refractivity (Wildman–Crippen MR) is 102 cm³/mol. The van der Waals surface area contributed by atoms with Gasteiger partial charge in [-0.2, -0.15) is 0 Å². The number of nitrogens with zero attached hydrogens (tertiary/aromatic N) is 1. The van der Waals surface area contributed by atoms with E-state index in [1.807, 2.05) is 38.1 Å². The molecule has 0 saturated carbocycles. The number of hydrogen-bond donors (Lipinski definition) is 2. The van der Waals surface area contributed by atoms with E-state index in [4.69, 9.17) is 5.11 Å². The molecule has 4 nitrogen and oxygen atoms in total. The molecule has 0 aliphatic heterocycles. The van der Waals surface area contributed by atoms with Gasteiger partial charge >= 0.3 is 5.97 Å². The molecule has 126 valence electrons. The second kappa shape index (κ2) is 7.99. The van der Waals surface area contributed by atoms with E-state index in [9.17, 15) is 4.79 Å². The van der Waals surface area contributed by atoms with Gasteiger partial charge in [0.15, 0.2) is 0 Å². The fraction of sp³-hybridized carbons (Fsp3) is 0.111. The number of nitrogens with one attached hydrogen (secondary N) is 1. The van der Waals surface area contributed by atoms with Crippen LogP contribution in [0.2, 0.25) is 0 Å². The summed E-state index contributed by atoms with van der Waals surface area (Å²) in [6.45, 7) is 4.00. The lowest BCUT2D eigenvalue weighted by molar-refractivity contribution is 0.0697. The molecule has 0 fully saturated rings. The third-order valence-corrected chi connectivity index (χ3v) is 3.58. The van der Waals surface area contributed by atoms with Gasteiger partial charge in [-0.3, -0.25) is 4.98 Å². The van der Waals surface area contributed by atoms with Crippen LogP contribution in [0, 0.1) is 13.8 Å². The standard InChI is InChI=1S/C18H16N2O2.2ClH/c1-11-4-3-5-15-16(10-12(2)19-17(11)15)20-14-8-6-13(7-9-14)18(21)22;;/h3-10H,1-2H3,(H,19,20)(H,21,22);2*1H. The summed E-state index contributed by atoms with van der Waals surface area (Å²) in [5.74, 6) is -0.924. The van der Waals surface area contributed by atoms with Crippen LogP contribution < -0.4 is 5.32 Å². The van der Waals surface area contributed by atoms with Gasteiger partial charge in [-0.15, -0.1) is 24.8 Å². The molecule has 0 saturated heterocycles. The molecule has 1 heterocycles. The van der Waals surface area contributed by atoms with E-state index in [0.29, 0.717) is 0 Å². The van der Waals surface area contributed by atoms with Crippen molar-refractivity contribution in [2.75, 3.05) is 5.32 Å². The average Bonchev–Trinajstić information content (AvgIpc) is 2.49. The fourth-order valence-corrected chi connectivity index (χ4v) is 2.48. The first-order valence-corrected chi connectivity index (χ1v) is 7.02. The molecule has 2 N–H and O–H groups in total. The third-order valence-electron chi connectivity index (χ3n) is 3.58. The molecule has 2 aromatic carbocycles. The van der Waals surface area contributed by atoms with Crippen LogP contribution in [0.25, 0.3) is 10.9 Å². The van der Waals surface area contributed by atoms with Crippen molar-refractivity contribution in [3.05, 3.63) is 65.4 Å². The van der Waals surface area contributed by atoms with E-state index < -0.39 is 5.97 Å². The summed E-state index contributed by atoms with van der Waals surface area (Å²) < 4.78 is 0. The van der Waals surface area contributed by atoms with Gasteiger partial charge < -0.3 is 10.4 Å². The maximum Gasteiger partial charge on any atom is 0.335 e. The van der Waals surface area contributed by atoms with Crippen LogP contribution in [-0.4, -0.2) is 16.1 Å². The minimum atomic E-state index is -0.924. The Bertz CT molecular complexity index is 865. The molecule has 3 aromatic rings. The zero-order valence-electron chi connectivity index (χ0n) is 13.2. The Morgan fingerprint density at radius 1 is 1.04 bits per heavy atom. The van der Waals surface area contributed by atoms with Crippen molar-refractivity contribution in [2.24, 2.45) is 0 Å². The number of aromatic nitrogens is 1. The minimum Gasteiger partial charge on any atom is -0.478 e. The third kappa shape index (κ3) is 3.96. The number of hydrogen-bond acceptors (Lipinski definition) is 3. The molecule has 0 atom stereocenters. The number of anilines is 2. The molecule has 1 aromatic heterocycles. The van der Waals surface area contributed by atoms with Gasteiger partial charge in [-0.05, 0) is 49.7 Å². The van der Waals surface area contributed by atoms with Crippen molar-refractivity contribution in [3.8, 4) is 0 Å². The molecule has 6 heteroatoms. The van der Waals surface area contributed by atoms with Crippen molar-refractivity contribution < 1.29 is 9.90 Å². The highest BCUT2D eigenvalue weighted by atomic mass is 35.5. The molecule has 3 rings (SSSR count). The molecule has 24 heavy (non-hydrogen) atoms. The lowest BCUT2D eigenvalue weighted by Gasteiger charge is -2.12. The van der Waals surface area contributed by atoms with Crippen molar-refractivity contribution in [1.82, 2.24) is 4.98 Å². The van der Waals surface area contributed by atoms with Crippen LogP contribution in [0.1, 0.15) is 21.6 Å². The molecule has 0 bridgehead atoms. The number of benzene rings is 2. The zero-order valence-corrected chi connectivity index (χ0v) is 14.9. The first-order valence-electron chi connectivity index (χ1n) is 7.02. The number of aromatic carboxylic acids is 1. The monoisotopic (exact) mass is 364 g/mol. The molecule has 0 amide bonds. The van der Waals surface area contributed by atoms with Crippen LogP contribution in [0.5, 0.6) is 0 Å². The molecule has 0 radical (unpaired) electrons. The lowest BCUT2D eigenvalue weighted by atomic mass is 10.1. The van der Waals surface area contributed by atoms with Gasteiger partial charge in [0.2, 0.25) is 0 Å². The Kier molecular flexibility index (Phi) is 6.58. The topological polar surface area (TPSA) is 62.2 Å². The molecule has 0 aliphatic carbocycles. The number of rotatable bonds is 3. The maximum atomic E-state index is 10.9. The number of fused-ring (bicyclic) bond motifs is 1. The Morgan fingerprint density at radius 3 is 2.33 bits per heavy atom. The van der Waals surface area contributed by atoms with Crippen LogP contribution in [0.3, 0.4) is 0 Å². The molecule has 0 aliphatic rings. The van der Waals surface area contributed by atoms with Gasteiger partial charge in [0, 0.05) is 22.5 Å². The Morgan fingerprint density at radius 2 is 1.71 bits per heavy atom. The summed E-state index contributed by atoms with van der Waals surface area (Å²) in [4.78, 5) is 15.5. The zero-order chi connectivity index (χ0) is 15.7. The van der Waals surface area contributed by atoms with Gasteiger partial charge in [-0.25, -0.2) is 4.79 Å². The Hall–Kier alpha value is -2.30. The van der Waals surface area contributed by atoms with E-state index in [0.717, 1.165) is 33.5 Å². The van der Waals surface area contributed by atoms with Gasteiger partial charge in [0.1, 0.15) is 0 Å². The maximum absolute atomic E-state index is 10.9. The largest absolute Gasteiger partial charge is 0.478 e. The number of aryl methyl sites for hydroxylation is 2. The molecule has 0 unspecified atom stereocenters. The first kappa shape index (κ1) is 19.7. The number of para-hydroxylation sites is 1. The first-order chi connectivity index (χ1) is 10.5. The summed E-state index contributed by atoms with van der Waals surface area (Å²) in [5.41, 5.74) is 5.13. The SMILES string of the molecule is Cc1cc(Nc2ccc(C(=O)O)cc2)c2cccc(C)c2n1.Cl.Cl. The van der Waals surface area contributed by atoms with Crippen molar-refractivity contribution in [3.63, 3.8) is 0 Å². The molecule has 0 spiro atoms. The van der Waals surface area contributed by atoms with E-state index >= 15 is 0 Å². The second-order valence-corrected chi connectivity index (χ2v) is 5.29. The predicted octanol–water partition coefficient (Wildman–Crippen LogP) is 5.14. The summed E-state index contributed by atoms with van der Waals surface area (Å²) in [5, 5.41) is 13.3. The van der Waals surface area contributed by atoms with Gasteiger partial charge in [0.05, 0.1) is 11.1 Å². The smallest absolute Gasteiger partial charge is 0.335 e. The quantitative estimate of drug-likeness (QED) is 0.675. The second-order valence-electron chi connectivity index (χ2n) is 5.29. The fourth-order valence-electron chi connectivity index (χ4n) is 2.48. The van der Waals surface area contributed by atoms with E-state index in [2.05, 4.69) is 10.3 Å². The van der Waals surface area contributed by atoms with Crippen LogP contribution in [0.15, 0.2) is 48.5 Å². The average molecular weight is 365 g/mol. The van der Waals surface area contributed by atoms with Crippen molar-refractivity contribution >= 4 is 53.1 Å². The van der Waals surface area contributed by atoms with Crippen LogP contribution >= 0.6 is 24.8 Å². The van der Waals surface area contributed by atoms with Crippen LogP contribution in [-0.2, 0) is 0 Å². The Labute approximate surface area is 152 Å². The van der Waals surface area contributed by atoms with Gasteiger partial charge in [0.25, 0.3) is 0 Å². The van der Waals surface area contributed by atoms with E-state index in [1.54, 1.807) is 24.3 Å². The molecular weight excluding hydrogens is 347 g/mol. The summed E-state index contributed by atoms with van der Waals surface area (Å²) >= 11 is 0. The number of carboxylic acid groups (broad SMARTS) is 1. The number of pyridine rings is 1. The highest BCUT2D eigenvalue weighted by Crippen LogP contribution is 2.28. The van der Waals surface area contributed by atoms with Crippen molar-refractivity contribution in [2.45, 2.75) is 13.8 Å². The minimum absolute atomic E-state index is 0. The number of carboxylic acids is 1. The van der Waals surface area contributed by atoms with Crippen LogP contribution in [0.4, 0.5) is 11.4 Å². The van der Waals surface area contributed by atoms with E-state index in [1.165, 1.54) is 0 Å². The highest BCUT2D eigenvalue weighted by Gasteiger charge is 2.07. The van der Waals surface area contributed by atoms with Crippen molar-refractivity contribution in [1.29, 1.82) is 0 Å². The number of carbonyl (C=O) groups is 1. The summed E-state index contributed by atoms with van der Waals surface area (Å²) in [6.07, 6.45) is 0. The summed E-state index contributed by atoms with van der Waals surface area (Å²) in [6, 6.07) is 14.8.